The Labute approximate surface area is 216 Å². The Kier molecular flexibility index (Phi) is 6.13. The standard InChI is InChI=1S/C26H23F2N7OS/c1-36-15-6-4-14(5-7-15)17-11-20(17)37-35-19-9-8-18(27)23(21(19)28)34-25-16(3-2-10-29-25)22-24-26(32-12-30-22)33-13-31-24/h2-10,12,17,20,31,35H,11,13H2,1H3,(H,29,34)(H,30,32,33). The molecular weight excluding hydrogens is 496 g/mol. The molecule has 11 heteroatoms. The molecule has 4 N–H and O–H groups in total. The minimum Gasteiger partial charge on any atom is -0.497 e. The number of nitrogens with one attached hydrogen (secondary N) is 4. The van der Waals surface area contributed by atoms with Crippen molar-refractivity contribution in [3.63, 3.8) is 0 Å². The van der Waals surface area contributed by atoms with Crippen LogP contribution in [0.2, 0.25) is 0 Å². The average molecular weight is 520 g/mol. The van der Waals surface area contributed by atoms with E-state index in [1.54, 1.807) is 25.4 Å². The van der Waals surface area contributed by atoms with Crippen molar-refractivity contribution in [2.75, 3.05) is 34.5 Å². The Morgan fingerprint density at radius 3 is 2.73 bits per heavy atom. The molecule has 4 aromatic rings. The second-order valence-corrected chi connectivity index (χ2v) is 9.70. The van der Waals surface area contributed by atoms with Crippen LogP contribution in [0.4, 0.5) is 37.5 Å². The number of benzene rings is 2. The van der Waals surface area contributed by atoms with E-state index in [0.717, 1.165) is 12.2 Å². The van der Waals surface area contributed by atoms with E-state index in [1.807, 2.05) is 24.3 Å². The van der Waals surface area contributed by atoms with E-state index < -0.39 is 11.6 Å². The molecule has 2 aliphatic rings. The largest absolute Gasteiger partial charge is 0.497 e. The zero-order chi connectivity index (χ0) is 25.4. The average Bonchev–Trinajstić information content (AvgIpc) is 3.54. The number of hydrogen-bond acceptors (Lipinski definition) is 9. The fraction of sp³-hybridized carbons (Fsp3) is 0.192. The van der Waals surface area contributed by atoms with Gasteiger partial charge in [-0.2, -0.15) is 0 Å². The molecule has 2 aromatic carbocycles. The quantitative estimate of drug-likeness (QED) is 0.210. The molecule has 6 rings (SSSR count). The molecule has 2 atom stereocenters. The van der Waals surface area contributed by atoms with Gasteiger partial charge in [-0.25, -0.2) is 23.7 Å². The molecule has 0 spiro atoms. The van der Waals surface area contributed by atoms with Gasteiger partial charge in [0.1, 0.15) is 40.8 Å². The maximum Gasteiger partial charge on any atom is 0.173 e. The Morgan fingerprint density at radius 1 is 1.03 bits per heavy atom. The maximum atomic E-state index is 15.5. The maximum absolute atomic E-state index is 15.5. The Morgan fingerprint density at radius 2 is 1.89 bits per heavy atom. The molecule has 1 saturated carbocycles. The number of rotatable bonds is 8. The predicted octanol–water partition coefficient (Wildman–Crippen LogP) is 5.98. The third-order valence-corrected chi connectivity index (χ3v) is 7.52. The van der Waals surface area contributed by atoms with Crippen LogP contribution in [0.1, 0.15) is 17.9 Å². The van der Waals surface area contributed by atoms with E-state index in [-0.39, 0.29) is 22.4 Å². The number of methoxy groups -OCH3 is 1. The van der Waals surface area contributed by atoms with Gasteiger partial charge in [-0.1, -0.05) is 12.1 Å². The van der Waals surface area contributed by atoms with Gasteiger partial charge in [0.15, 0.2) is 11.6 Å². The van der Waals surface area contributed by atoms with E-state index >= 15 is 4.39 Å². The highest BCUT2D eigenvalue weighted by molar-refractivity contribution is 8.01. The van der Waals surface area contributed by atoms with Crippen LogP contribution in [0, 0.1) is 11.6 Å². The van der Waals surface area contributed by atoms with Crippen molar-refractivity contribution in [2.24, 2.45) is 0 Å². The summed E-state index contributed by atoms with van der Waals surface area (Å²) in [5.41, 5.74) is 3.00. The van der Waals surface area contributed by atoms with Gasteiger partial charge in [-0.15, -0.1) is 0 Å². The summed E-state index contributed by atoms with van der Waals surface area (Å²) in [5, 5.41) is 9.44. The normalized spacial score (nSPS) is 17.4. The summed E-state index contributed by atoms with van der Waals surface area (Å²) in [6.45, 7) is 0.513. The second kappa shape index (κ2) is 9.74. The highest BCUT2D eigenvalue weighted by Gasteiger charge is 2.39. The van der Waals surface area contributed by atoms with Gasteiger partial charge < -0.3 is 25.4 Å². The number of halogens is 2. The van der Waals surface area contributed by atoms with Gasteiger partial charge in [0.05, 0.1) is 19.5 Å². The molecule has 2 unspecified atom stereocenters. The van der Waals surface area contributed by atoms with Gasteiger partial charge in [0.25, 0.3) is 0 Å². The molecule has 1 fully saturated rings. The lowest BCUT2D eigenvalue weighted by atomic mass is 10.1. The molecule has 1 aliphatic heterocycles. The first-order chi connectivity index (χ1) is 18.1. The lowest BCUT2D eigenvalue weighted by Crippen LogP contribution is -2.05. The lowest BCUT2D eigenvalue weighted by molar-refractivity contribution is 0.414. The Balaban J connectivity index is 1.20. The van der Waals surface area contributed by atoms with Crippen molar-refractivity contribution >= 4 is 40.6 Å². The fourth-order valence-corrected chi connectivity index (χ4v) is 5.37. The number of hydrogen-bond donors (Lipinski definition) is 4. The van der Waals surface area contributed by atoms with E-state index in [9.17, 15) is 4.39 Å². The first-order valence-electron chi connectivity index (χ1n) is 11.7. The van der Waals surface area contributed by atoms with Crippen molar-refractivity contribution < 1.29 is 13.5 Å². The molecule has 0 radical (unpaired) electrons. The molecule has 0 saturated heterocycles. The van der Waals surface area contributed by atoms with Crippen molar-refractivity contribution in [3.05, 3.63) is 78.3 Å². The van der Waals surface area contributed by atoms with Crippen molar-refractivity contribution in [3.8, 4) is 17.0 Å². The number of ether oxygens (including phenoxy) is 1. The van der Waals surface area contributed by atoms with Crippen LogP contribution >= 0.6 is 11.9 Å². The van der Waals surface area contributed by atoms with Crippen LogP contribution in [-0.2, 0) is 0 Å². The van der Waals surface area contributed by atoms with Gasteiger partial charge >= 0.3 is 0 Å². The number of fused-ring (bicyclic) bond motifs is 1. The predicted molar refractivity (Wildman–Crippen MR) is 142 cm³/mol. The number of pyridine rings is 1. The zero-order valence-corrected chi connectivity index (χ0v) is 20.6. The van der Waals surface area contributed by atoms with Gasteiger partial charge in [-0.05, 0) is 66.2 Å². The molecule has 0 bridgehead atoms. The van der Waals surface area contributed by atoms with Crippen LogP contribution < -0.4 is 25.4 Å². The molecule has 0 amide bonds. The lowest BCUT2D eigenvalue weighted by Gasteiger charge is -2.15. The molecule has 1 aliphatic carbocycles. The SMILES string of the molecule is COc1ccc(C2CC2SNc2ccc(F)c(Nc3ncccc3-c3ncnc4c3NCN4)c2F)cc1. The molecule has 188 valence electrons. The van der Waals surface area contributed by atoms with Crippen LogP contribution in [0.25, 0.3) is 11.3 Å². The minimum absolute atomic E-state index is 0.195. The third-order valence-electron chi connectivity index (χ3n) is 6.36. The summed E-state index contributed by atoms with van der Waals surface area (Å²) in [4.78, 5) is 12.9. The molecule has 8 nitrogen and oxygen atoms in total. The number of aromatic nitrogens is 3. The van der Waals surface area contributed by atoms with Gasteiger partial charge in [-0.3, -0.25) is 0 Å². The van der Waals surface area contributed by atoms with Crippen molar-refractivity contribution in [2.45, 2.75) is 17.6 Å². The summed E-state index contributed by atoms with van der Waals surface area (Å²) in [6.07, 6.45) is 3.96. The first-order valence-corrected chi connectivity index (χ1v) is 12.6. The highest BCUT2D eigenvalue weighted by atomic mass is 32.2. The van der Waals surface area contributed by atoms with Crippen LogP contribution in [-0.4, -0.2) is 34.0 Å². The summed E-state index contributed by atoms with van der Waals surface area (Å²) >= 11 is 1.44. The monoisotopic (exact) mass is 519 g/mol. The summed E-state index contributed by atoms with van der Waals surface area (Å²) in [5.74, 6) is 0.680. The number of anilines is 5. The van der Waals surface area contributed by atoms with E-state index in [2.05, 4.69) is 35.6 Å². The van der Waals surface area contributed by atoms with Gasteiger partial charge in [0, 0.05) is 17.0 Å². The topological polar surface area (TPSA) is 96.0 Å². The van der Waals surface area contributed by atoms with Crippen LogP contribution in [0.15, 0.2) is 61.1 Å². The van der Waals surface area contributed by atoms with Crippen molar-refractivity contribution in [1.82, 2.24) is 15.0 Å². The van der Waals surface area contributed by atoms with Gasteiger partial charge in [0.2, 0.25) is 0 Å². The van der Waals surface area contributed by atoms with E-state index in [1.165, 1.54) is 36.0 Å². The second-order valence-electron chi connectivity index (χ2n) is 8.66. The fourth-order valence-electron chi connectivity index (χ4n) is 4.31. The smallest absolute Gasteiger partial charge is 0.173 e. The van der Waals surface area contributed by atoms with E-state index in [4.69, 9.17) is 4.74 Å². The van der Waals surface area contributed by atoms with E-state index in [0.29, 0.717) is 35.3 Å². The first kappa shape index (κ1) is 23.3. The summed E-state index contributed by atoms with van der Waals surface area (Å²) in [6, 6.07) is 14.1. The highest BCUT2D eigenvalue weighted by Crippen LogP contribution is 2.49. The van der Waals surface area contributed by atoms with Crippen molar-refractivity contribution in [1.29, 1.82) is 0 Å². The molecular formula is C26H23F2N7OS. The van der Waals surface area contributed by atoms with Crippen LogP contribution in [0.3, 0.4) is 0 Å². The third kappa shape index (κ3) is 4.57. The minimum atomic E-state index is -0.724. The Hall–Kier alpha value is -4.12. The van der Waals surface area contributed by atoms with Crippen LogP contribution in [0.5, 0.6) is 5.75 Å². The molecule has 3 heterocycles. The number of nitrogens with zero attached hydrogens (tertiary/aromatic N) is 3. The summed E-state index contributed by atoms with van der Waals surface area (Å²) < 4.78 is 38.6. The molecule has 2 aromatic heterocycles. The summed E-state index contributed by atoms with van der Waals surface area (Å²) in [7, 11) is 1.64. The Bertz CT molecular complexity index is 1450. The molecule has 37 heavy (non-hydrogen) atoms. The zero-order valence-electron chi connectivity index (χ0n) is 19.8.